The van der Waals surface area contributed by atoms with Crippen molar-refractivity contribution >= 4 is 45.9 Å². The Balaban J connectivity index is 1.77. The van der Waals surface area contributed by atoms with Gasteiger partial charge in [-0.3, -0.25) is 14.6 Å². The fourth-order valence-corrected chi connectivity index (χ4v) is 4.91. The zero-order valence-corrected chi connectivity index (χ0v) is 20.2. The minimum atomic E-state index is -0.675. The molecule has 0 atom stereocenters. The first-order chi connectivity index (χ1) is 15.7. The second kappa shape index (κ2) is 10.6. The third-order valence-electron chi connectivity index (χ3n) is 4.47. The Hall–Kier alpha value is -3.25. The Kier molecular flexibility index (Phi) is 7.82. The molecular formula is C21H24N6O4S2. The number of rotatable bonds is 9. The molecule has 0 saturated heterocycles. The van der Waals surface area contributed by atoms with E-state index in [1.165, 1.54) is 11.8 Å². The second-order valence-electron chi connectivity index (χ2n) is 7.20. The maximum absolute atomic E-state index is 12.7. The van der Waals surface area contributed by atoms with E-state index in [1.54, 1.807) is 33.2 Å². The summed E-state index contributed by atoms with van der Waals surface area (Å²) >= 11 is 2.17. The number of hydrogen-bond acceptors (Lipinski definition) is 9. The number of thioether (sulfide) groups is 1. The number of nitrogens with one attached hydrogen (secondary N) is 1. The SMILES string of the molecule is CCn1c(SCC(=O)Nc2sc(C(N)=O)c(C)c2C(=O)OC(C)C)nnc1-c1ccncc1. The molecule has 12 heteroatoms. The quantitative estimate of drug-likeness (QED) is 0.345. The minimum absolute atomic E-state index is 0.0238. The molecule has 0 aromatic carbocycles. The number of aromatic nitrogens is 4. The summed E-state index contributed by atoms with van der Waals surface area (Å²) in [5.74, 6) is -0.961. The van der Waals surface area contributed by atoms with Gasteiger partial charge in [-0.2, -0.15) is 0 Å². The molecule has 0 aliphatic carbocycles. The van der Waals surface area contributed by atoms with Crippen LogP contribution in [0, 0.1) is 6.92 Å². The van der Waals surface area contributed by atoms with Crippen LogP contribution in [0.2, 0.25) is 0 Å². The fraction of sp³-hybridized carbons (Fsp3) is 0.333. The molecule has 0 saturated carbocycles. The standard InChI is InChI=1S/C21H24N6O4S2/c1-5-27-18(13-6-8-23-9-7-13)25-26-21(27)32-10-14(28)24-19-15(20(30)31-11(2)3)12(4)16(33-19)17(22)29/h6-9,11H,5,10H2,1-4H3,(H2,22,29)(H,24,28). The van der Waals surface area contributed by atoms with Crippen molar-refractivity contribution < 1.29 is 19.1 Å². The number of nitrogens with zero attached hydrogens (tertiary/aromatic N) is 4. The molecule has 10 nitrogen and oxygen atoms in total. The number of anilines is 1. The van der Waals surface area contributed by atoms with E-state index in [0.717, 1.165) is 16.9 Å². The second-order valence-corrected chi connectivity index (χ2v) is 9.16. The number of nitrogens with two attached hydrogens (primary N) is 1. The third-order valence-corrected chi connectivity index (χ3v) is 6.66. The van der Waals surface area contributed by atoms with E-state index < -0.39 is 11.9 Å². The molecule has 0 unspecified atom stereocenters. The van der Waals surface area contributed by atoms with Gasteiger partial charge in [0, 0.05) is 24.5 Å². The van der Waals surface area contributed by atoms with Gasteiger partial charge in [0.25, 0.3) is 5.91 Å². The minimum Gasteiger partial charge on any atom is -0.459 e. The Morgan fingerprint density at radius 3 is 2.55 bits per heavy atom. The van der Waals surface area contributed by atoms with Crippen molar-refractivity contribution in [2.24, 2.45) is 5.73 Å². The normalized spacial score (nSPS) is 10.9. The predicted molar refractivity (Wildman–Crippen MR) is 126 cm³/mol. The van der Waals surface area contributed by atoms with Crippen molar-refractivity contribution in [1.29, 1.82) is 0 Å². The lowest BCUT2D eigenvalue weighted by molar-refractivity contribution is -0.113. The van der Waals surface area contributed by atoms with Gasteiger partial charge >= 0.3 is 5.97 Å². The first kappa shape index (κ1) is 24.4. The van der Waals surface area contributed by atoms with Crippen LogP contribution < -0.4 is 11.1 Å². The van der Waals surface area contributed by atoms with Crippen molar-refractivity contribution in [2.75, 3.05) is 11.1 Å². The molecule has 0 bridgehead atoms. The van der Waals surface area contributed by atoms with Crippen LogP contribution in [0.3, 0.4) is 0 Å². The van der Waals surface area contributed by atoms with E-state index in [9.17, 15) is 14.4 Å². The molecule has 0 fully saturated rings. The fourth-order valence-electron chi connectivity index (χ4n) is 3.04. The van der Waals surface area contributed by atoms with Gasteiger partial charge in [-0.25, -0.2) is 4.79 Å². The van der Waals surface area contributed by atoms with Crippen LogP contribution >= 0.6 is 23.1 Å². The van der Waals surface area contributed by atoms with Crippen molar-refractivity contribution in [1.82, 2.24) is 19.7 Å². The van der Waals surface area contributed by atoms with Crippen LogP contribution in [0.5, 0.6) is 0 Å². The first-order valence-corrected chi connectivity index (χ1v) is 11.9. The Bertz CT molecular complexity index is 1170. The van der Waals surface area contributed by atoms with Gasteiger partial charge < -0.3 is 20.4 Å². The molecular weight excluding hydrogens is 464 g/mol. The molecule has 3 heterocycles. The monoisotopic (exact) mass is 488 g/mol. The lowest BCUT2D eigenvalue weighted by atomic mass is 10.1. The smallest absolute Gasteiger partial charge is 0.341 e. The van der Waals surface area contributed by atoms with Gasteiger partial charge in [0.1, 0.15) is 5.00 Å². The van der Waals surface area contributed by atoms with Crippen molar-refractivity contribution in [3.05, 3.63) is 40.5 Å². The molecule has 174 valence electrons. The molecule has 33 heavy (non-hydrogen) atoms. The number of carbonyl (C=O) groups excluding carboxylic acids is 3. The highest BCUT2D eigenvalue weighted by Gasteiger charge is 2.26. The summed E-state index contributed by atoms with van der Waals surface area (Å²) in [5.41, 5.74) is 6.82. The van der Waals surface area contributed by atoms with Gasteiger partial charge in [-0.05, 0) is 45.4 Å². The number of amides is 2. The van der Waals surface area contributed by atoms with E-state index in [4.69, 9.17) is 10.5 Å². The number of primary amides is 1. The number of thiophene rings is 1. The Morgan fingerprint density at radius 1 is 1.24 bits per heavy atom. The van der Waals surface area contributed by atoms with E-state index in [-0.39, 0.29) is 33.2 Å². The van der Waals surface area contributed by atoms with Crippen molar-refractivity contribution in [2.45, 2.75) is 45.5 Å². The highest BCUT2D eigenvalue weighted by molar-refractivity contribution is 7.99. The summed E-state index contributed by atoms with van der Waals surface area (Å²) in [6, 6.07) is 3.68. The molecule has 3 rings (SSSR count). The maximum atomic E-state index is 12.7. The van der Waals surface area contributed by atoms with Gasteiger partial charge in [0.2, 0.25) is 5.91 Å². The summed E-state index contributed by atoms with van der Waals surface area (Å²) in [6.07, 6.45) is 2.99. The molecule has 3 N–H and O–H groups in total. The molecule has 3 aromatic heterocycles. The molecule has 2 amide bonds. The van der Waals surface area contributed by atoms with Crippen molar-refractivity contribution in [3.8, 4) is 11.4 Å². The van der Waals surface area contributed by atoms with Crippen molar-refractivity contribution in [3.63, 3.8) is 0 Å². The molecule has 3 aromatic rings. The molecule has 0 radical (unpaired) electrons. The number of carbonyl (C=O) groups is 3. The summed E-state index contributed by atoms with van der Waals surface area (Å²) < 4.78 is 7.17. The van der Waals surface area contributed by atoms with Crippen LogP contribution in [-0.2, 0) is 16.1 Å². The van der Waals surface area contributed by atoms with E-state index in [0.29, 0.717) is 23.1 Å². The van der Waals surface area contributed by atoms with Crippen LogP contribution in [0.15, 0.2) is 29.7 Å². The van der Waals surface area contributed by atoms with Crippen LogP contribution in [0.25, 0.3) is 11.4 Å². The summed E-state index contributed by atoms with van der Waals surface area (Å²) in [6.45, 7) is 7.61. The molecule has 0 spiro atoms. The highest BCUT2D eigenvalue weighted by Crippen LogP contribution is 2.34. The van der Waals surface area contributed by atoms with Gasteiger partial charge in [-0.15, -0.1) is 21.5 Å². The van der Waals surface area contributed by atoms with Gasteiger partial charge in [0.15, 0.2) is 11.0 Å². The first-order valence-electron chi connectivity index (χ1n) is 10.1. The Morgan fingerprint density at radius 2 is 1.94 bits per heavy atom. The zero-order chi connectivity index (χ0) is 24.1. The predicted octanol–water partition coefficient (Wildman–Crippen LogP) is 3.12. The topological polar surface area (TPSA) is 142 Å². The van der Waals surface area contributed by atoms with E-state index in [2.05, 4.69) is 20.5 Å². The average Bonchev–Trinajstić information content (AvgIpc) is 3.32. The summed E-state index contributed by atoms with van der Waals surface area (Å²) in [7, 11) is 0. The van der Waals surface area contributed by atoms with Gasteiger partial charge in [-0.1, -0.05) is 11.8 Å². The van der Waals surface area contributed by atoms with Gasteiger partial charge in [0.05, 0.1) is 22.3 Å². The maximum Gasteiger partial charge on any atom is 0.341 e. The third kappa shape index (κ3) is 5.57. The zero-order valence-electron chi connectivity index (χ0n) is 18.6. The van der Waals surface area contributed by atoms with Crippen LogP contribution in [0.1, 0.15) is 46.4 Å². The summed E-state index contributed by atoms with van der Waals surface area (Å²) in [4.78, 5) is 41.2. The Labute approximate surface area is 198 Å². The number of ether oxygens (including phenoxy) is 1. The summed E-state index contributed by atoms with van der Waals surface area (Å²) in [5, 5.41) is 12.0. The van der Waals surface area contributed by atoms with E-state index in [1.807, 2.05) is 23.6 Å². The average molecular weight is 489 g/mol. The molecule has 0 aliphatic heterocycles. The highest BCUT2D eigenvalue weighted by atomic mass is 32.2. The number of pyridine rings is 1. The largest absolute Gasteiger partial charge is 0.459 e. The number of esters is 1. The van der Waals surface area contributed by atoms with E-state index >= 15 is 0 Å². The lowest BCUT2D eigenvalue weighted by Gasteiger charge is -2.10. The lowest BCUT2D eigenvalue weighted by Crippen LogP contribution is -2.18. The number of hydrogen-bond donors (Lipinski definition) is 2. The van der Waals surface area contributed by atoms with Crippen LogP contribution in [-0.4, -0.2) is 49.4 Å². The molecule has 0 aliphatic rings. The van der Waals surface area contributed by atoms with Crippen LogP contribution in [0.4, 0.5) is 5.00 Å².